The van der Waals surface area contributed by atoms with Crippen LogP contribution in [0.3, 0.4) is 0 Å². The molecule has 0 unspecified atom stereocenters. The summed E-state index contributed by atoms with van der Waals surface area (Å²) in [5.41, 5.74) is 1.79. The summed E-state index contributed by atoms with van der Waals surface area (Å²) in [4.78, 5) is 23.1. The normalized spacial score (nSPS) is 10.3. The number of methoxy groups -OCH3 is 2. The second-order valence-electron chi connectivity index (χ2n) is 3.74. The summed E-state index contributed by atoms with van der Waals surface area (Å²) in [6, 6.07) is 7.24. The zero-order valence-electron chi connectivity index (χ0n) is 10.2. The Kier molecular flexibility index (Phi) is 3.32. The Balaban J connectivity index is 2.57. The van der Waals surface area contributed by atoms with Gasteiger partial charge in [0.1, 0.15) is 0 Å². The molecule has 0 saturated carbocycles. The molecule has 0 saturated heterocycles. The lowest BCUT2D eigenvalue weighted by atomic mass is 10.2. The number of aromatic nitrogens is 1. The molecule has 2 aromatic rings. The van der Waals surface area contributed by atoms with Crippen molar-refractivity contribution < 1.29 is 19.1 Å². The van der Waals surface area contributed by atoms with E-state index in [1.807, 2.05) is 18.2 Å². The number of esters is 2. The minimum absolute atomic E-state index is 0.0269. The standard InChI is InChI=1S/C13H13NO4/c1-17-12(15)8-11-10(13(16)18-2)7-9-5-3-4-6-14(9)11/h3-7H,8H2,1-2H3. The third-order valence-electron chi connectivity index (χ3n) is 2.73. The van der Waals surface area contributed by atoms with E-state index in [0.29, 0.717) is 11.3 Å². The lowest BCUT2D eigenvalue weighted by Crippen LogP contribution is -2.11. The van der Waals surface area contributed by atoms with Gasteiger partial charge in [-0.1, -0.05) is 6.07 Å². The highest BCUT2D eigenvalue weighted by Crippen LogP contribution is 2.18. The van der Waals surface area contributed by atoms with Gasteiger partial charge in [0.2, 0.25) is 0 Å². The van der Waals surface area contributed by atoms with Gasteiger partial charge < -0.3 is 13.9 Å². The number of hydrogen-bond donors (Lipinski definition) is 0. The van der Waals surface area contributed by atoms with Crippen molar-refractivity contribution in [2.75, 3.05) is 14.2 Å². The van der Waals surface area contributed by atoms with Crippen LogP contribution in [0.2, 0.25) is 0 Å². The maximum absolute atomic E-state index is 11.7. The summed E-state index contributed by atoms with van der Waals surface area (Å²) in [5, 5.41) is 0. The highest BCUT2D eigenvalue weighted by atomic mass is 16.5. The average Bonchev–Trinajstić information content (AvgIpc) is 2.77. The molecule has 5 heteroatoms. The monoisotopic (exact) mass is 247 g/mol. The van der Waals surface area contributed by atoms with E-state index in [1.165, 1.54) is 14.2 Å². The van der Waals surface area contributed by atoms with E-state index >= 15 is 0 Å². The summed E-state index contributed by atoms with van der Waals surface area (Å²) in [6.07, 6.45) is 1.82. The van der Waals surface area contributed by atoms with Crippen LogP contribution >= 0.6 is 0 Å². The highest BCUT2D eigenvalue weighted by Gasteiger charge is 2.19. The fourth-order valence-corrected chi connectivity index (χ4v) is 1.86. The molecular formula is C13H13NO4. The largest absolute Gasteiger partial charge is 0.469 e. The highest BCUT2D eigenvalue weighted by molar-refractivity contribution is 5.94. The zero-order valence-corrected chi connectivity index (χ0v) is 10.2. The van der Waals surface area contributed by atoms with Gasteiger partial charge in [0.25, 0.3) is 0 Å². The number of rotatable bonds is 3. The number of pyridine rings is 1. The lowest BCUT2D eigenvalue weighted by Gasteiger charge is -2.04. The topological polar surface area (TPSA) is 57.0 Å². The molecule has 0 fully saturated rings. The van der Waals surface area contributed by atoms with Crippen LogP contribution in [0.5, 0.6) is 0 Å². The SMILES string of the molecule is COC(=O)Cc1c(C(=O)OC)cc2ccccn12. The molecule has 0 N–H and O–H groups in total. The van der Waals surface area contributed by atoms with Crippen LogP contribution in [0, 0.1) is 0 Å². The summed E-state index contributed by atoms with van der Waals surface area (Å²) < 4.78 is 11.1. The van der Waals surface area contributed by atoms with Crippen molar-refractivity contribution in [2.24, 2.45) is 0 Å². The van der Waals surface area contributed by atoms with Crippen LogP contribution in [0.15, 0.2) is 30.5 Å². The van der Waals surface area contributed by atoms with Gasteiger partial charge in [-0.05, 0) is 18.2 Å². The Bertz CT molecular complexity index is 600. The molecule has 2 rings (SSSR count). The van der Waals surface area contributed by atoms with E-state index in [4.69, 9.17) is 4.74 Å². The molecule has 0 spiro atoms. The minimum atomic E-state index is -0.461. The number of hydrogen-bond acceptors (Lipinski definition) is 4. The molecule has 0 aromatic carbocycles. The molecule has 0 radical (unpaired) electrons. The Morgan fingerprint density at radius 3 is 2.67 bits per heavy atom. The van der Waals surface area contributed by atoms with Crippen molar-refractivity contribution in [3.8, 4) is 0 Å². The van der Waals surface area contributed by atoms with E-state index in [0.717, 1.165) is 5.52 Å². The van der Waals surface area contributed by atoms with Crippen molar-refractivity contribution in [3.05, 3.63) is 41.7 Å². The number of carbonyl (C=O) groups is 2. The fraction of sp³-hybridized carbons (Fsp3) is 0.231. The molecule has 2 aromatic heterocycles. The number of nitrogens with zero attached hydrogens (tertiary/aromatic N) is 1. The van der Waals surface area contributed by atoms with E-state index in [2.05, 4.69) is 4.74 Å². The third kappa shape index (κ3) is 2.07. The van der Waals surface area contributed by atoms with Gasteiger partial charge in [0.15, 0.2) is 0 Å². The first kappa shape index (κ1) is 12.2. The molecule has 0 amide bonds. The minimum Gasteiger partial charge on any atom is -0.469 e. The van der Waals surface area contributed by atoms with Gasteiger partial charge in [-0.2, -0.15) is 0 Å². The van der Waals surface area contributed by atoms with Gasteiger partial charge >= 0.3 is 11.9 Å². The second kappa shape index (κ2) is 4.91. The van der Waals surface area contributed by atoms with Crippen LogP contribution in [0.25, 0.3) is 5.52 Å². The molecule has 94 valence electrons. The molecule has 18 heavy (non-hydrogen) atoms. The Morgan fingerprint density at radius 1 is 1.22 bits per heavy atom. The summed E-state index contributed by atoms with van der Waals surface area (Å²) in [7, 11) is 2.63. The van der Waals surface area contributed by atoms with E-state index in [-0.39, 0.29) is 6.42 Å². The fourth-order valence-electron chi connectivity index (χ4n) is 1.86. The average molecular weight is 247 g/mol. The number of carbonyl (C=O) groups excluding carboxylic acids is 2. The molecule has 0 aliphatic heterocycles. The predicted octanol–water partition coefficient (Wildman–Crippen LogP) is 1.44. The van der Waals surface area contributed by atoms with Crippen LogP contribution in [0.4, 0.5) is 0 Å². The quantitative estimate of drug-likeness (QED) is 0.770. The molecule has 0 atom stereocenters. The summed E-state index contributed by atoms with van der Waals surface area (Å²) >= 11 is 0. The van der Waals surface area contributed by atoms with Crippen LogP contribution in [-0.2, 0) is 20.7 Å². The van der Waals surface area contributed by atoms with E-state index in [9.17, 15) is 9.59 Å². The van der Waals surface area contributed by atoms with E-state index < -0.39 is 11.9 Å². The van der Waals surface area contributed by atoms with Crippen molar-refractivity contribution in [1.29, 1.82) is 0 Å². The first-order valence-corrected chi connectivity index (χ1v) is 5.41. The number of ether oxygens (including phenoxy) is 2. The Hall–Kier alpha value is -2.30. The van der Waals surface area contributed by atoms with Crippen molar-refractivity contribution in [3.63, 3.8) is 0 Å². The molecule has 0 bridgehead atoms. The van der Waals surface area contributed by atoms with Gasteiger partial charge in [-0.25, -0.2) is 4.79 Å². The number of fused-ring (bicyclic) bond motifs is 1. The van der Waals surface area contributed by atoms with Crippen LogP contribution < -0.4 is 0 Å². The Morgan fingerprint density at radius 2 is 2.00 bits per heavy atom. The van der Waals surface area contributed by atoms with Gasteiger partial charge in [-0.15, -0.1) is 0 Å². The molecule has 0 aliphatic rings. The van der Waals surface area contributed by atoms with Crippen molar-refractivity contribution in [1.82, 2.24) is 4.40 Å². The summed E-state index contributed by atoms with van der Waals surface area (Å²) in [5.74, 6) is -0.860. The Labute approximate surface area is 104 Å². The van der Waals surface area contributed by atoms with E-state index in [1.54, 1.807) is 16.7 Å². The zero-order chi connectivity index (χ0) is 13.1. The molecule has 2 heterocycles. The van der Waals surface area contributed by atoms with Gasteiger partial charge in [0.05, 0.1) is 26.2 Å². The molecular weight excluding hydrogens is 234 g/mol. The van der Waals surface area contributed by atoms with Crippen LogP contribution in [-0.4, -0.2) is 30.6 Å². The summed E-state index contributed by atoms with van der Waals surface area (Å²) in [6.45, 7) is 0. The maximum Gasteiger partial charge on any atom is 0.339 e. The van der Waals surface area contributed by atoms with Crippen molar-refractivity contribution >= 4 is 17.5 Å². The molecule has 5 nitrogen and oxygen atoms in total. The maximum atomic E-state index is 11.7. The van der Waals surface area contributed by atoms with Crippen LogP contribution in [0.1, 0.15) is 16.1 Å². The van der Waals surface area contributed by atoms with Gasteiger partial charge in [-0.3, -0.25) is 4.79 Å². The van der Waals surface area contributed by atoms with Crippen molar-refractivity contribution in [2.45, 2.75) is 6.42 Å². The smallest absolute Gasteiger partial charge is 0.339 e. The first-order chi connectivity index (χ1) is 8.67. The first-order valence-electron chi connectivity index (χ1n) is 5.41. The molecule has 0 aliphatic carbocycles. The van der Waals surface area contributed by atoms with Gasteiger partial charge in [0, 0.05) is 17.4 Å². The lowest BCUT2D eigenvalue weighted by molar-refractivity contribution is -0.139. The predicted molar refractivity (Wildman–Crippen MR) is 64.5 cm³/mol. The second-order valence-corrected chi connectivity index (χ2v) is 3.74. The third-order valence-corrected chi connectivity index (χ3v) is 2.73.